The molecule has 112 valence electrons. The predicted octanol–water partition coefficient (Wildman–Crippen LogP) is 4.12. The number of hydrogen-bond donors (Lipinski definition) is 1. The molecule has 1 unspecified atom stereocenters. The van der Waals surface area contributed by atoms with Crippen molar-refractivity contribution in [2.45, 2.75) is 19.6 Å². The molecule has 5 heteroatoms. The fourth-order valence-electron chi connectivity index (χ4n) is 1.91. The van der Waals surface area contributed by atoms with E-state index in [2.05, 4.69) is 0 Å². The minimum absolute atomic E-state index is 0.112. The lowest BCUT2D eigenvalue weighted by Crippen LogP contribution is -2.01. The average Bonchev–Trinajstić information content (AvgIpc) is 2.46. The van der Waals surface area contributed by atoms with Crippen LogP contribution in [0.4, 0.5) is 4.39 Å². The summed E-state index contributed by atoms with van der Waals surface area (Å²) < 4.78 is 24.5. The maximum atomic E-state index is 13.9. The molecule has 1 N–H and O–H groups in total. The maximum absolute atomic E-state index is 13.9. The lowest BCUT2D eigenvalue weighted by Gasteiger charge is -2.12. The molecular formula is C16H16ClFO3. The molecule has 0 aliphatic heterocycles. The normalized spacial score (nSPS) is 12.0. The van der Waals surface area contributed by atoms with Crippen LogP contribution in [0.15, 0.2) is 36.4 Å². The molecule has 0 aliphatic carbocycles. The lowest BCUT2D eigenvalue weighted by atomic mass is 10.1. The van der Waals surface area contributed by atoms with E-state index >= 15 is 0 Å². The van der Waals surface area contributed by atoms with Gasteiger partial charge in [0.05, 0.1) is 13.2 Å². The zero-order valence-corrected chi connectivity index (χ0v) is 12.5. The Balaban J connectivity index is 2.15. The minimum Gasteiger partial charge on any atom is -0.496 e. The van der Waals surface area contributed by atoms with E-state index in [1.54, 1.807) is 38.3 Å². The Morgan fingerprint density at radius 1 is 1.19 bits per heavy atom. The molecule has 1 atom stereocenters. The van der Waals surface area contributed by atoms with Gasteiger partial charge in [-0.15, -0.1) is 0 Å². The molecule has 0 aromatic heterocycles. The van der Waals surface area contributed by atoms with Crippen LogP contribution in [0.3, 0.4) is 0 Å². The van der Waals surface area contributed by atoms with Crippen LogP contribution in [-0.2, 0) is 6.61 Å². The van der Waals surface area contributed by atoms with Gasteiger partial charge in [-0.3, -0.25) is 0 Å². The number of aliphatic hydroxyl groups excluding tert-OH is 1. The van der Waals surface area contributed by atoms with Crippen LogP contribution in [0.25, 0.3) is 0 Å². The number of aliphatic hydroxyl groups is 1. The SMILES string of the molecule is COc1ccc(Cl)cc1COc1ccc(C(C)O)cc1F. The maximum Gasteiger partial charge on any atom is 0.165 e. The molecular weight excluding hydrogens is 295 g/mol. The van der Waals surface area contributed by atoms with E-state index < -0.39 is 11.9 Å². The Labute approximate surface area is 127 Å². The fourth-order valence-corrected chi connectivity index (χ4v) is 2.10. The molecule has 0 bridgehead atoms. The quantitative estimate of drug-likeness (QED) is 0.903. The van der Waals surface area contributed by atoms with Crippen LogP contribution in [0, 0.1) is 5.82 Å². The number of methoxy groups -OCH3 is 1. The standard InChI is InChI=1S/C16H16ClFO3/c1-10(19)11-3-5-16(14(18)8-11)21-9-12-7-13(17)4-6-15(12)20-2/h3-8,10,19H,9H2,1-2H3. The number of rotatable bonds is 5. The molecule has 0 aliphatic rings. The van der Waals surface area contributed by atoms with Crippen molar-refractivity contribution in [3.8, 4) is 11.5 Å². The van der Waals surface area contributed by atoms with E-state index in [9.17, 15) is 9.50 Å². The van der Waals surface area contributed by atoms with E-state index in [1.165, 1.54) is 12.1 Å². The predicted molar refractivity (Wildman–Crippen MR) is 79.4 cm³/mol. The van der Waals surface area contributed by atoms with E-state index in [0.717, 1.165) is 5.56 Å². The van der Waals surface area contributed by atoms with Gasteiger partial charge in [0.2, 0.25) is 0 Å². The molecule has 0 amide bonds. The molecule has 0 spiro atoms. The Kier molecular flexibility index (Phi) is 5.04. The summed E-state index contributed by atoms with van der Waals surface area (Å²) in [5.41, 5.74) is 1.23. The van der Waals surface area contributed by atoms with Gasteiger partial charge < -0.3 is 14.6 Å². The topological polar surface area (TPSA) is 38.7 Å². The summed E-state index contributed by atoms with van der Waals surface area (Å²) in [6, 6.07) is 9.53. The van der Waals surface area contributed by atoms with Gasteiger partial charge in [-0.25, -0.2) is 4.39 Å². The first-order valence-corrected chi connectivity index (χ1v) is 6.81. The Morgan fingerprint density at radius 2 is 1.90 bits per heavy atom. The largest absolute Gasteiger partial charge is 0.496 e. The molecule has 0 saturated carbocycles. The summed E-state index contributed by atoms with van der Waals surface area (Å²) in [7, 11) is 1.55. The first kappa shape index (κ1) is 15.6. The van der Waals surface area contributed by atoms with Crippen LogP contribution >= 0.6 is 11.6 Å². The molecule has 2 aromatic rings. The Bertz CT molecular complexity index is 629. The number of ether oxygens (including phenoxy) is 2. The zero-order valence-electron chi connectivity index (χ0n) is 11.8. The van der Waals surface area contributed by atoms with Gasteiger partial charge in [-0.2, -0.15) is 0 Å². The second-order valence-corrected chi connectivity index (χ2v) is 5.05. The van der Waals surface area contributed by atoms with Gasteiger partial charge in [0.15, 0.2) is 11.6 Å². The van der Waals surface area contributed by atoms with E-state index in [4.69, 9.17) is 21.1 Å². The summed E-state index contributed by atoms with van der Waals surface area (Å²) in [5.74, 6) is 0.219. The molecule has 2 aromatic carbocycles. The summed E-state index contributed by atoms with van der Waals surface area (Å²) in [6.07, 6.45) is -0.721. The van der Waals surface area contributed by atoms with Gasteiger partial charge in [-0.05, 0) is 42.8 Å². The summed E-state index contributed by atoms with van der Waals surface area (Å²) >= 11 is 5.93. The van der Waals surface area contributed by atoms with E-state index in [-0.39, 0.29) is 12.4 Å². The first-order valence-electron chi connectivity index (χ1n) is 6.44. The first-order chi connectivity index (χ1) is 10.0. The average molecular weight is 311 g/mol. The Hall–Kier alpha value is -1.78. The van der Waals surface area contributed by atoms with Crippen molar-refractivity contribution in [1.82, 2.24) is 0 Å². The number of halogens is 2. The molecule has 0 saturated heterocycles. The Morgan fingerprint density at radius 3 is 2.52 bits per heavy atom. The van der Waals surface area contributed by atoms with E-state index in [1.807, 2.05) is 0 Å². The van der Waals surface area contributed by atoms with Gasteiger partial charge in [0.1, 0.15) is 12.4 Å². The third-order valence-electron chi connectivity index (χ3n) is 3.06. The third kappa shape index (κ3) is 3.86. The fraction of sp³-hybridized carbons (Fsp3) is 0.250. The van der Waals surface area contributed by atoms with Crippen molar-refractivity contribution in [2.75, 3.05) is 7.11 Å². The van der Waals surface area contributed by atoms with Crippen molar-refractivity contribution in [3.05, 3.63) is 58.4 Å². The summed E-state index contributed by atoms with van der Waals surface area (Å²) in [4.78, 5) is 0. The molecule has 2 rings (SSSR count). The van der Waals surface area contributed by atoms with Crippen molar-refractivity contribution < 1.29 is 19.0 Å². The van der Waals surface area contributed by atoms with Crippen molar-refractivity contribution in [1.29, 1.82) is 0 Å². The monoisotopic (exact) mass is 310 g/mol. The summed E-state index contributed by atoms with van der Waals surface area (Å²) in [6.45, 7) is 1.71. The molecule has 21 heavy (non-hydrogen) atoms. The number of hydrogen-bond acceptors (Lipinski definition) is 3. The van der Waals surface area contributed by atoms with Gasteiger partial charge in [-0.1, -0.05) is 17.7 Å². The summed E-state index contributed by atoms with van der Waals surface area (Å²) in [5, 5.41) is 9.96. The van der Waals surface area contributed by atoms with Crippen LogP contribution in [-0.4, -0.2) is 12.2 Å². The highest BCUT2D eigenvalue weighted by Crippen LogP contribution is 2.26. The van der Waals surface area contributed by atoms with Crippen molar-refractivity contribution >= 4 is 11.6 Å². The lowest BCUT2D eigenvalue weighted by molar-refractivity contribution is 0.198. The van der Waals surface area contributed by atoms with Gasteiger partial charge in [0, 0.05) is 10.6 Å². The van der Waals surface area contributed by atoms with Gasteiger partial charge >= 0.3 is 0 Å². The minimum atomic E-state index is -0.721. The van der Waals surface area contributed by atoms with Crippen LogP contribution in [0.2, 0.25) is 5.02 Å². The van der Waals surface area contributed by atoms with Crippen molar-refractivity contribution in [2.24, 2.45) is 0 Å². The van der Waals surface area contributed by atoms with Crippen molar-refractivity contribution in [3.63, 3.8) is 0 Å². The molecule has 3 nitrogen and oxygen atoms in total. The number of benzene rings is 2. The highest BCUT2D eigenvalue weighted by atomic mass is 35.5. The second kappa shape index (κ2) is 6.78. The zero-order chi connectivity index (χ0) is 15.4. The highest BCUT2D eigenvalue weighted by Gasteiger charge is 2.10. The third-order valence-corrected chi connectivity index (χ3v) is 3.30. The smallest absolute Gasteiger partial charge is 0.165 e. The van der Waals surface area contributed by atoms with Crippen LogP contribution < -0.4 is 9.47 Å². The molecule has 0 fully saturated rings. The van der Waals surface area contributed by atoms with E-state index in [0.29, 0.717) is 16.3 Å². The van der Waals surface area contributed by atoms with Crippen LogP contribution in [0.1, 0.15) is 24.2 Å². The highest BCUT2D eigenvalue weighted by molar-refractivity contribution is 6.30. The second-order valence-electron chi connectivity index (χ2n) is 4.61. The van der Waals surface area contributed by atoms with Gasteiger partial charge in [0.25, 0.3) is 0 Å². The molecule has 0 radical (unpaired) electrons. The molecule has 0 heterocycles. The van der Waals surface area contributed by atoms with Crippen LogP contribution in [0.5, 0.6) is 11.5 Å².